The molecule has 0 spiro atoms. The van der Waals surface area contributed by atoms with Crippen molar-refractivity contribution in [3.05, 3.63) is 0 Å². The van der Waals surface area contributed by atoms with E-state index in [1.807, 2.05) is 0 Å². The molecule has 2 unspecified atom stereocenters. The van der Waals surface area contributed by atoms with Crippen LogP contribution < -0.4 is 10.5 Å². The first-order valence-corrected chi connectivity index (χ1v) is 6.45. The molecule has 2 heterocycles. The highest BCUT2D eigenvalue weighted by Gasteiger charge is 2.40. The summed E-state index contributed by atoms with van der Waals surface area (Å²) in [5, 5.41) is 8.61. The van der Waals surface area contributed by atoms with Crippen molar-refractivity contribution in [3.8, 4) is 0 Å². The van der Waals surface area contributed by atoms with E-state index >= 15 is 0 Å². The SMILES string of the molecule is CC12CCC(CCN(S(N)(=O)=O)C1)N2. The lowest BCUT2D eigenvalue weighted by molar-refractivity contribution is 0.314. The Morgan fingerprint density at radius 1 is 1.50 bits per heavy atom. The molecular weight excluding hydrogens is 202 g/mol. The van der Waals surface area contributed by atoms with Gasteiger partial charge in [0.25, 0.3) is 10.2 Å². The Balaban J connectivity index is 2.19. The molecule has 82 valence electrons. The van der Waals surface area contributed by atoms with E-state index in [-0.39, 0.29) is 5.54 Å². The van der Waals surface area contributed by atoms with Gasteiger partial charge in [-0.15, -0.1) is 0 Å². The molecule has 0 radical (unpaired) electrons. The topological polar surface area (TPSA) is 75.4 Å². The van der Waals surface area contributed by atoms with Gasteiger partial charge in [0.2, 0.25) is 0 Å². The monoisotopic (exact) mass is 219 g/mol. The van der Waals surface area contributed by atoms with Crippen LogP contribution in [0.2, 0.25) is 0 Å². The van der Waals surface area contributed by atoms with Gasteiger partial charge in [-0.25, -0.2) is 5.14 Å². The van der Waals surface area contributed by atoms with Crippen LogP contribution in [0.5, 0.6) is 0 Å². The zero-order chi connectivity index (χ0) is 10.4. The molecule has 2 bridgehead atoms. The van der Waals surface area contributed by atoms with E-state index < -0.39 is 10.2 Å². The van der Waals surface area contributed by atoms with Crippen LogP contribution in [0.1, 0.15) is 26.2 Å². The summed E-state index contributed by atoms with van der Waals surface area (Å²) in [6.45, 7) is 3.12. The molecular formula is C8H17N3O2S. The predicted octanol–water partition coefficient (Wildman–Crippen LogP) is -0.594. The maximum Gasteiger partial charge on any atom is 0.276 e. The smallest absolute Gasteiger partial charge is 0.276 e. The third kappa shape index (κ3) is 1.93. The number of fused-ring (bicyclic) bond motifs is 2. The van der Waals surface area contributed by atoms with Crippen LogP contribution in [-0.2, 0) is 10.2 Å². The van der Waals surface area contributed by atoms with E-state index in [1.54, 1.807) is 0 Å². The quantitative estimate of drug-likeness (QED) is 0.619. The lowest BCUT2D eigenvalue weighted by Crippen LogP contribution is -2.49. The Hall–Kier alpha value is -0.170. The molecule has 6 heteroatoms. The average molecular weight is 219 g/mol. The molecule has 0 aromatic rings. The lowest BCUT2D eigenvalue weighted by atomic mass is 9.99. The van der Waals surface area contributed by atoms with Crippen molar-refractivity contribution in [1.82, 2.24) is 9.62 Å². The van der Waals surface area contributed by atoms with Gasteiger partial charge in [-0.05, 0) is 26.2 Å². The largest absolute Gasteiger partial charge is 0.307 e. The molecule has 0 aliphatic carbocycles. The summed E-state index contributed by atoms with van der Waals surface area (Å²) in [6, 6.07) is 0.465. The fourth-order valence-electron chi connectivity index (χ4n) is 2.46. The Bertz CT molecular complexity index is 329. The van der Waals surface area contributed by atoms with Crippen LogP contribution in [-0.4, -0.2) is 37.4 Å². The fourth-order valence-corrected chi connectivity index (χ4v) is 3.28. The number of nitrogens with two attached hydrogens (primary N) is 1. The van der Waals surface area contributed by atoms with Gasteiger partial charge in [-0.3, -0.25) is 0 Å². The third-order valence-corrected chi connectivity index (χ3v) is 4.24. The molecule has 0 saturated carbocycles. The summed E-state index contributed by atoms with van der Waals surface area (Å²) < 4.78 is 23.9. The summed E-state index contributed by atoms with van der Waals surface area (Å²) in [5.41, 5.74) is -0.0758. The van der Waals surface area contributed by atoms with Crippen molar-refractivity contribution in [2.45, 2.75) is 37.8 Å². The van der Waals surface area contributed by atoms with Crippen molar-refractivity contribution in [2.75, 3.05) is 13.1 Å². The van der Waals surface area contributed by atoms with Crippen molar-refractivity contribution in [2.24, 2.45) is 5.14 Å². The highest BCUT2D eigenvalue weighted by Crippen LogP contribution is 2.29. The van der Waals surface area contributed by atoms with E-state index in [1.165, 1.54) is 4.31 Å². The molecule has 2 fully saturated rings. The Labute approximate surface area is 84.8 Å². The van der Waals surface area contributed by atoms with E-state index in [2.05, 4.69) is 12.2 Å². The van der Waals surface area contributed by atoms with Gasteiger partial charge in [-0.1, -0.05) is 0 Å². The van der Waals surface area contributed by atoms with Crippen LogP contribution in [0.25, 0.3) is 0 Å². The average Bonchev–Trinajstić information content (AvgIpc) is 2.27. The van der Waals surface area contributed by atoms with Crippen LogP contribution in [0.3, 0.4) is 0 Å². The van der Waals surface area contributed by atoms with Crippen LogP contribution >= 0.6 is 0 Å². The first-order valence-electron chi connectivity index (χ1n) is 4.95. The van der Waals surface area contributed by atoms with E-state index in [0.717, 1.165) is 19.3 Å². The normalized spacial score (nSPS) is 39.7. The summed E-state index contributed by atoms with van der Waals surface area (Å²) in [7, 11) is -3.52. The summed E-state index contributed by atoms with van der Waals surface area (Å²) in [6.07, 6.45) is 3.05. The molecule has 0 aromatic heterocycles. The van der Waals surface area contributed by atoms with Gasteiger partial charge in [0, 0.05) is 24.7 Å². The zero-order valence-corrected chi connectivity index (χ0v) is 9.18. The molecule has 2 rings (SSSR count). The van der Waals surface area contributed by atoms with Gasteiger partial charge in [-0.2, -0.15) is 12.7 Å². The first-order chi connectivity index (χ1) is 6.39. The number of rotatable bonds is 1. The minimum atomic E-state index is -3.52. The summed E-state index contributed by atoms with van der Waals surface area (Å²) in [5.74, 6) is 0. The second kappa shape index (κ2) is 3.16. The Morgan fingerprint density at radius 3 is 2.86 bits per heavy atom. The number of nitrogens with zero attached hydrogens (tertiary/aromatic N) is 1. The molecule has 3 N–H and O–H groups in total. The van der Waals surface area contributed by atoms with E-state index in [0.29, 0.717) is 19.1 Å². The van der Waals surface area contributed by atoms with Crippen molar-refractivity contribution in [1.29, 1.82) is 0 Å². The number of nitrogens with one attached hydrogen (secondary N) is 1. The highest BCUT2D eigenvalue weighted by molar-refractivity contribution is 7.86. The fraction of sp³-hybridized carbons (Fsp3) is 1.00. The van der Waals surface area contributed by atoms with Crippen molar-refractivity contribution in [3.63, 3.8) is 0 Å². The van der Waals surface area contributed by atoms with Gasteiger partial charge >= 0.3 is 0 Å². The number of hydrogen-bond donors (Lipinski definition) is 2. The minimum absolute atomic E-state index is 0.0758. The Kier molecular flexibility index (Phi) is 2.34. The lowest BCUT2D eigenvalue weighted by Gasteiger charge is -2.28. The molecule has 5 nitrogen and oxygen atoms in total. The van der Waals surface area contributed by atoms with Gasteiger partial charge in [0.15, 0.2) is 0 Å². The molecule has 2 aliphatic rings. The van der Waals surface area contributed by atoms with Gasteiger partial charge < -0.3 is 5.32 Å². The van der Waals surface area contributed by atoms with E-state index in [9.17, 15) is 8.42 Å². The molecule has 2 atom stereocenters. The third-order valence-electron chi connectivity index (χ3n) is 3.21. The maximum atomic E-state index is 11.2. The molecule has 0 aromatic carbocycles. The standard InChI is InChI=1S/C8H17N3O2S/c1-8-4-2-7(10-8)3-5-11(6-8)14(9,12)13/h7,10H,2-6H2,1H3,(H2,9,12,13). The van der Waals surface area contributed by atoms with E-state index in [4.69, 9.17) is 5.14 Å². The summed E-state index contributed by atoms with van der Waals surface area (Å²) >= 11 is 0. The number of hydrogen-bond acceptors (Lipinski definition) is 3. The van der Waals surface area contributed by atoms with Gasteiger partial charge in [0.05, 0.1) is 0 Å². The van der Waals surface area contributed by atoms with Crippen LogP contribution in [0, 0.1) is 0 Å². The predicted molar refractivity (Wildman–Crippen MR) is 53.9 cm³/mol. The molecule has 2 aliphatic heterocycles. The Morgan fingerprint density at radius 2 is 2.21 bits per heavy atom. The maximum absolute atomic E-state index is 11.2. The second-order valence-electron chi connectivity index (χ2n) is 4.61. The second-order valence-corrected chi connectivity index (χ2v) is 6.15. The zero-order valence-electron chi connectivity index (χ0n) is 8.36. The first kappa shape index (κ1) is 10.4. The molecule has 0 amide bonds. The molecule has 14 heavy (non-hydrogen) atoms. The minimum Gasteiger partial charge on any atom is -0.307 e. The van der Waals surface area contributed by atoms with Crippen molar-refractivity contribution < 1.29 is 8.42 Å². The van der Waals surface area contributed by atoms with Gasteiger partial charge in [0.1, 0.15) is 0 Å². The molecule has 2 saturated heterocycles. The highest BCUT2D eigenvalue weighted by atomic mass is 32.2. The summed E-state index contributed by atoms with van der Waals surface area (Å²) in [4.78, 5) is 0. The van der Waals surface area contributed by atoms with Crippen molar-refractivity contribution >= 4 is 10.2 Å². The van der Waals surface area contributed by atoms with Crippen LogP contribution in [0.15, 0.2) is 0 Å². The van der Waals surface area contributed by atoms with Crippen LogP contribution in [0.4, 0.5) is 0 Å².